The van der Waals surface area contributed by atoms with Crippen LogP contribution in [0.25, 0.3) is 11.3 Å². The predicted octanol–water partition coefficient (Wildman–Crippen LogP) is 3.79. The van der Waals surface area contributed by atoms with Gasteiger partial charge in [-0.3, -0.25) is 9.69 Å². The van der Waals surface area contributed by atoms with E-state index in [0.29, 0.717) is 30.2 Å². The fraction of sp³-hybridized carbons (Fsp3) is 0.333. The van der Waals surface area contributed by atoms with Gasteiger partial charge in [0.05, 0.1) is 33.6 Å². The second-order valence-corrected chi connectivity index (χ2v) is 8.40. The lowest BCUT2D eigenvalue weighted by Crippen LogP contribution is -2.48. The standard InChI is InChI=1S/C24H27N3O4S/c1-29-18-9-7-17(8-10-18)19-16-32-22(25-19)15-26-11-13-27(14-12-26)24(28)23-20(30-2)5-4-6-21(23)31-3/h4-10,16H,11-15H2,1-3H3. The minimum atomic E-state index is -0.0602. The lowest BCUT2D eigenvalue weighted by molar-refractivity contribution is 0.0622. The van der Waals surface area contributed by atoms with E-state index in [1.807, 2.05) is 35.2 Å². The molecular formula is C24H27N3O4S. The first kappa shape index (κ1) is 22.1. The summed E-state index contributed by atoms with van der Waals surface area (Å²) in [5, 5.41) is 3.16. The van der Waals surface area contributed by atoms with Crippen molar-refractivity contribution in [1.82, 2.24) is 14.8 Å². The highest BCUT2D eigenvalue weighted by Gasteiger charge is 2.27. The van der Waals surface area contributed by atoms with Crippen molar-refractivity contribution in [1.29, 1.82) is 0 Å². The van der Waals surface area contributed by atoms with Crippen LogP contribution in [0.4, 0.5) is 0 Å². The lowest BCUT2D eigenvalue weighted by Gasteiger charge is -2.34. The maximum absolute atomic E-state index is 13.2. The van der Waals surface area contributed by atoms with Crippen LogP contribution in [-0.2, 0) is 6.54 Å². The number of hydrogen-bond acceptors (Lipinski definition) is 7. The number of benzene rings is 2. The van der Waals surface area contributed by atoms with E-state index in [2.05, 4.69) is 10.3 Å². The number of aromatic nitrogens is 1. The highest BCUT2D eigenvalue weighted by atomic mass is 32.1. The molecule has 8 heteroatoms. The Balaban J connectivity index is 1.37. The van der Waals surface area contributed by atoms with E-state index in [0.717, 1.165) is 41.6 Å². The Labute approximate surface area is 192 Å². The third-order valence-electron chi connectivity index (χ3n) is 5.60. The maximum Gasteiger partial charge on any atom is 0.261 e. The van der Waals surface area contributed by atoms with Crippen LogP contribution in [0.5, 0.6) is 17.2 Å². The predicted molar refractivity (Wildman–Crippen MR) is 125 cm³/mol. The molecule has 1 aromatic heterocycles. The summed E-state index contributed by atoms with van der Waals surface area (Å²) >= 11 is 1.66. The minimum Gasteiger partial charge on any atom is -0.497 e. The van der Waals surface area contributed by atoms with Gasteiger partial charge in [-0.25, -0.2) is 4.98 Å². The van der Waals surface area contributed by atoms with E-state index >= 15 is 0 Å². The third kappa shape index (κ3) is 4.71. The first-order valence-electron chi connectivity index (χ1n) is 10.4. The molecule has 3 aromatic rings. The van der Waals surface area contributed by atoms with Crippen molar-refractivity contribution in [3.05, 3.63) is 58.4 Å². The molecule has 168 valence electrons. The molecule has 1 fully saturated rings. The molecule has 0 N–H and O–H groups in total. The average molecular weight is 454 g/mol. The molecule has 0 radical (unpaired) electrons. The topological polar surface area (TPSA) is 64.1 Å². The van der Waals surface area contributed by atoms with Crippen LogP contribution in [0.2, 0.25) is 0 Å². The molecule has 2 heterocycles. The molecule has 1 amide bonds. The van der Waals surface area contributed by atoms with Crippen molar-refractivity contribution in [2.75, 3.05) is 47.5 Å². The van der Waals surface area contributed by atoms with Crippen LogP contribution in [0.3, 0.4) is 0 Å². The minimum absolute atomic E-state index is 0.0602. The zero-order valence-electron chi connectivity index (χ0n) is 18.5. The Hall–Kier alpha value is -3.10. The number of carbonyl (C=O) groups excluding carboxylic acids is 1. The Morgan fingerprint density at radius 2 is 1.59 bits per heavy atom. The first-order valence-corrected chi connectivity index (χ1v) is 11.3. The van der Waals surface area contributed by atoms with Gasteiger partial charge in [-0.15, -0.1) is 11.3 Å². The van der Waals surface area contributed by atoms with E-state index in [1.54, 1.807) is 44.8 Å². The number of hydrogen-bond donors (Lipinski definition) is 0. The van der Waals surface area contributed by atoms with Crippen molar-refractivity contribution in [2.24, 2.45) is 0 Å². The second-order valence-electron chi connectivity index (χ2n) is 7.46. The number of piperazine rings is 1. The molecule has 0 unspecified atom stereocenters. The normalized spacial score (nSPS) is 14.3. The number of nitrogens with zero attached hydrogens (tertiary/aromatic N) is 3. The van der Waals surface area contributed by atoms with E-state index < -0.39 is 0 Å². The maximum atomic E-state index is 13.2. The van der Waals surface area contributed by atoms with Gasteiger partial charge < -0.3 is 19.1 Å². The van der Waals surface area contributed by atoms with Gasteiger partial charge in [0.15, 0.2) is 0 Å². The SMILES string of the molecule is COc1ccc(-c2csc(CN3CCN(C(=O)c4c(OC)cccc4OC)CC3)n2)cc1. The van der Waals surface area contributed by atoms with Crippen LogP contribution < -0.4 is 14.2 Å². The zero-order valence-corrected chi connectivity index (χ0v) is 19.4. The third-order valence-corrected chi connectivity index (χ3v) is 6.43. The summed E-state index contributed by atoms with van der Waals surface area (Å²) in [7, 11) is 4.80. The van der Waals surface area contributed by atoms with E-state index in [1.165, 1.54) is 0 Å². The monoisotopic (exact) mass is 453 g/mol. The van der Waals surface area contributed by atoms with Crippen LogP contribution in [0, 0.1) is 0 Å². The van der Waals surface area contributed by atoms with Gasteiger partial charge in [-0.1, -0.05) is 6.07 Å². The van der Waals surface area contributed by atoms with Crippen molar-refractivity contribution in [2.45, 2.75) is 6.54 Å². The van der Waals surface area contributed by atoms with Gasteiger partial charge in [0, 0.05) is 37.1 Å². The summed E-state index contributed by atoms with van der Waals surface area (Å²) in [5.41, 5.74) is 2.54. The van der Waals surface area contributed by atoms with Crippen molar-refractivity contribution >= 4 is 17.2 Å². The fourth-order valence-corrected chi connectivity index (χ4v) is 4.64. The number of amides is 1. The van der Waals surface area contributed by atoms with Gasteiger partial charge in [-0.05, 0) is 36.4 Å². The molecule has 0 spiro atoms. The Morgan fingerprint density at radius 3 is 2.19 bits per heavy atom. The summed E-state index contributed by atoms with van der Waals surface area (Å²) in [5.74, 6) is 1.84. The summed E-state index contributed by atoms with van der Waals surface area (Å²) < 4.78 is 16.0. The number of thiazole rings is 1. The van der Waals surface area contributed by atoms with Gasteiger partial charge in [0.2, 0.25) is 0 Å². The van der Waals surface area contributed by atoms with Crippen molar-refractivity contribution < 1.29 is 19.0 Å². The fourth-order valence-electron chi connectivity index (χ4n) is 3.80. The largest absolute Gasteiger partial charge is 0.497 e. The van der Waals surface area contributed by atoms with Crippen LogP contribution in [-0.4, -0.2) is 68.2 Å². The molecule has 0 bridgehead atoms. The molecule has 1 aliphatic heterocycles. The molecule has 1 aliphatic rings. The van der Waals surface area contributed by atoms with Crippen LogP contribution in [0.15, 0.2) is 47.8 Å². The molecular weight excluding hydrogens is 426 g/mol. The van der Waals surface area contributed by atoms with Gasteiger partial charge in [-0.2, -0.15) is 0 Å². The molecule has 2 aromatic carbocycles. The first-order chi connectivity index (χ1) is 15.6. The van der Waals surface area contributed by atoms with Crippen molar-refractivity contribution in [3.63, 3.8) is 0 Å². The molecule has 7 nitrogen and oxygen atoms in total. The molecule has 0 aliphatic carbocycles. The highest BCUT2D eigenvalue weighted by Crippen LogP contribution is 2.30. The quantitative estimate of drug-likeness (QED) is 0.542. The van der Waals surface area contributed by atoms with E-state index in [9.17, 15) is 4.79 Å². The second kappa shape index (κ2) is 10.0. The Morgan fingerprint density at radius 1 is 0.938 bits per heavy atom. The summed E-state index contributed by atoms with van der Waals surface area (Å²) in [6.07, 6.45) is 0. The van der Waals surface area contributed by atoms with Gasteiger partial charge in [0.1, 0.15) is 27.8 Å². The van der Waals surface area contributed by atoms with Crippen LogP contribution in [0.1, 0.15) is 15.4 Å². The summed E-state index contributed by atoms with van der Waals surface area (Å²) in [6.45, 7) is 3.66. The van der Waals surface area contributed by atoms with E-state index in [4.69, 9.17) is 19.2 Å². The smallest absolute Gasteiger partial charge is 0.261 e. The molecule has 4 rings (SSSR count). The van der Waals surface area contributed by atoms with Crippen LogP contribution >= 0.6 is 11.3 Å². The molecule has 32 heavy (non-hydrogen) atoms. The zero-order chi connectivity index (χ0) is 22.5. The summed E-state index contributed by atoms with van der Waals surface area (Å²) in [6, 6.07) is 13.3. The summed E-state index contributed by atoms with van der Waals surface area (Å²) in [4.78, 5) is 22.2. The lowest BCUT2D eigenvalue weighted by atomic mass is 10.1. The Kier molecular flexibility index (Phi) is 6.92. The van der Waals surface area contributed by atoms with Gasteiger partial charge >= 0.3 is 0 Å². The Bertz CT molecular complexity index is 1040. The van der Waals surface area contributed by atoms with Crippen molar-refractivity contribution in [3.8, 4) is 28.5 Å². The van der Waals surface area contributed by atoms with E-state index in [-0.39, 0.29) is 5.91 Å². The number of carbonyl (C=O) groups is 1. The number of rotatable bonds is 7. The highest BCUT2D eigenvalue weighted by molar-refractivity contribution is 7.09. The molecule has 0 saturated carbocycles. The average Bonchev–Trinajstić information content (AvgIpc) is 3.32. The number of methoxy groups -OCH3 is 3. The molecule has 0 atom stereocenters. The molecule has 1 saturated heterocycles. The van der Waals surface area contributed by atoms with Gasteiger partial charge in [0.25, 0.3) is 5.91 Å². The number of ether oxygens (including phenoxy) is 3.